The van der Waals surface area contributed by atoms with Crippen molar-refractivity contribution in [1.82, 2.24) is 0 Å². The van der Waals surface area contributed by atoms with Crippen molar-refractivity contribution in [3.8, 4) is 0 Å². The third-order valence-corrected chi connectivity index (χ3v) is 10.2. The summed E-state index contributed by atoms with van der Waals surface area (Å²) in [6.45, 7) is 0. The first-order chi connectivity index (χ1) is 19.3. The Balaban J connectivity index is 0.000000165. The first-order valence-electron chi connectivity index (χ1n) is 12.0. The maximum atomic E-state index is 5.63. The summed E-state index contributed by atoms with van der Waals surface area (Å²) < 4.78 is 11.3. The quantitative estimate of drug-likeness (QED) is 0.135. The molecule has 6 rings (SSSR count). The average molecular weight is 682 g/mol. The van der Waals surface area contributed by atoms with Gasteiger partial charge in [-0.15, -0.1) is 0 Å². The number of furan rings is 2. The molecule has 200 valence electrons. The van der Waals surface area contributed by atoms with Crippen LogP contribution < -0.4 is 32.2 Å². The fourth-order valence-electron chi connectivity index (χ4n) is 3.91. The van der Waals surface area contributed by atoms with Gasteiger partial charge in [-0.25, -0.2) is 0 Å². The Morgan fingerprint density at radius 3 is 0.846 bits per heavy atom. The van der Waals surface area contributed by atoms with E-state index >= 15 is 0 Å². The minimum atomic E-state index is -0.576. The summed E-state index contributed by atoms with van der Waals surface area (Å²) in [5.74, 6) is 0. The molecule has 2 nitrogen and oxygen atoms in total. The summed E-state index contributed by atoms with van der Waals surface area (Å²) in [5, 5.41) is 5.25. The van der Waals surface area contributed by atoms with E-state index in [1.54, 1.807) is 12.5 Å². The Bertz CT molecular complexity index is 1240. The third kappa shape index (κ3) is 8.77. The number of hydrogen-bond acceptors (Lipinski definition) is 2. The van der Waals surface area contributed by atoms with Crippen LogP contribution in [-0.2, 0) is 15.9 Å². The van der Waals surface area contributed by atoms with Crippen molar-refractivity contribution in [2.75, 3.05) is 0 Å². The van der Waals surface area contributed by atoms with Crippen LogP contribution in [0.25, 0.3) is 0 Å². The maximum absolute atomic E-state index is 5.63. The van der Waals surface area contributed by atoms with Gasteiger partial charge in [0.05, 0.1) is 12.5 Å². The van der Waals surface area contributed by atoms with Crippen LogP contribution in [-0.4, -0.2) is 0 Å². The Labute approximate surface area is 248 Å². The van der Waals surface area contributed by atoms with E-state index in [2.05, 4.69) is 109 Å². The minimum absolute atomic E-state index is 0.106. The van der Waals surface area contributed by atoms with E-state index in [0.717, 1.165) is 11.0 Å². The molecule has 0 aliphatic carbocycles. The predicted octanol–water partition coefficient (Wildman–Crippen LogP) is 7.45. The van der Waals surface area contributed by atoms with Gasteiger partial charge in [-0.05, 0) is 45.5 Å². The van der Waals surface area contributed by atoms with Gasteiger partial charge >= 0.3 is 35.0 Å². The molecule has 0 saturated carbocycles. The largest absolute Gasteiger partial charge is 0.464 e. The molecule has 6 aromatic rings. The van der Waals surface area contributed by atoms with Crippen LogP contribution in [0.1, 0.15) is 0 Å². The molecule has 39 heavy (non-hydrogen) atoms. The number of rotatable bonds is 6. The van der Waals surface area contributed by atoms with Gasteiger partial charge in [-0.2, -0.15) is 0 Å². The van der Waals surface area contributed by atoms with Crippen molar-refractivity contribution in [2.45, 2.75) is 0 Å². The first-order valence-corrected chi connectivity index (χ1v) is 18.7. The van der Waals surface area contributed by atoms with Gasteiger partial charge in [-0.3, -0.25) is 0 Å². The van der Waals surface area contributed by atoms with E-state index in [1.165, 1.54) is 21.2 Å². The first kappa shape index (κ1) is 29.5. The second-order valence-electron chi connectivity index (χ2n) is 7.96. The molecule has 0 aliphatic rings. The van der Waals surface area contributed by atoms with Crippen LogP contribution in [0, 0.1) is 0 Å². The van der Waals surface area contributed by atoms with Gasteiger partial charge < -0.3 is 8.83 Å². The Kier molecular flexibility index (Phi) is 12.6. The summed E-state index contributed by atoms with van der Waals surface area (Å²) in [6.07, 6.45) is 3.49. The van der Waals surface area contributed by atoms with E-state index in [0.29, 0.717) is 0 Å². The molecule has 7 heteroatoms. The summed E-state index contributed by atoms with van der Waals surface area (Å²) in [6, 6.07) is 50.2. The number of benzene rings is 4. The third-order valence-electron chi connectivity index (χ3n) is 5.51. The normalized spacial score (nSPS) is 10.5. The molecule has 0 amide bonds. The molecular formula is C32H26Cl2O2P2Pd. The molecule has 0 fully saturated rings. The van der Waals surface area contributed by atoms with E-state index in [1.807, 2.05) is 36.4 Å². The molecule has 2 heterocycles. The van der Waals surface area contributed by atoms with Crippen molar-refractivity contribution in [3.05, 3.63) is 158 Å². The van der Waals surface area contributed by atoms with E-state index < -0.39 is 15.8 Å². The molecule has 2 aromatic heterocycles. The van der Waals surface area contributed by atoms with Crippen molar-refractivity contribution < 1.29 is 24.8 Å². The molecule has 0 radical (unpaired) electrons. The van der Waals surface area contributed by atoms with Crippen molar-refractivity contribution >= 4 is 67.1 Å². The second kappa shape index (κ2) is 16.6. The molecule has 0 saturated heterocycles. The van der Waals surface area contributed by atoms with Crippen molar-refractivity contribution in [3.63, 3.8) is 0 Å². The summed E-state index contributed by atoms with van der Waals surface area (Å²) >= 11 is -0.106. The fourth-order valence-corrected chi connectivity index (χ4v) is 8.21. The Morgan fingerprint density at radius 1 is 0.385 bits per heavy atom. The number of halogens is 2. The SMILES string of the molecule is [Cl][Pd][Cl].c1ccc(P(c2ccccc2)c2ccco2)cc1.c1ccc(P(c2ccccc2)c2ccco2)cc1. The fraction of sp³-hybridized carbons (Fsp3) is 0. The summed E-state index contributed by atoms with van der Waals surface area (Å²) in [4.78, 5) is 0. The standard InChI is InChI=1S/2C16H13OP.2ClH.Pd/c2*1-3-8-14(9-4-1)18(16-12-7-13-17-16)15-10-5-2-6-11-15;;;/h2*1-13H;2*1H;/q;;;;+2/p-2. The topological polar surface area (TPSA) is 26.3 Å². The van der Waals surface area contributed by atoms with Crippen LogP contribution >= 0.6 is 34.9 Å². The molecule has 4 aromatic carbocycles. The van der Waals surface area contributed by atoms with Gasteiger partial charge in [-0.1, -0.05) is 121 Å². The zero-order chi connectivity index (χ0) is 27.1. The molecule has 0 bridgehead atoms. The predicted molar refractivity (Wildman–Crippen MR) is 167 cm³/mol. The van der Waals surface area contributed by atoms with Gasteiger partial charge in [0.1, 0.15) is 11.0 Å². The van der Waals surface area contributed by atoms with E-state index in [9.17, 15) is 0 Å². The van der Waals surface area contributed by atoms with Gasteiger partial charge in [0.2, 0.25) is 0 Å². The van der Waals surface area contributed by atoms with Crippen LogP contribution in [0.15, 0.2) is 167 Å². The molecule has 0 spiro atoms. The minimum Gasteiger partial charge on any atom is -0.464 e. The number of hydrogen-bond donors (Lipinski definition) is 0. The van der Waals surface area contributed by atoms with Crippen molar-refractivity contribution in [2.24, 2.45) is 0 Å². The molecule has 0 aliphatic heterocycles. The maximum Gasteiger partial charge on any atom is 0.134 e. The van der Waals surface area contributed by atoms with Gasteiger partial charge in [0.15, 0.2) is 0 Å². The monoisotopic (exact) mass is 680 g/mol. The van der Waals surface area contributed by atoms with Gasteiger partial charge in [0, 0.05) is 15.8 Å². The average Bonchev–Trinajstić information content (AvgIpc) is 3.72. The van der Waals surface area contributed by atoms with E-state index in [-0.39, 0.29) is 15.9 Å². The Morgan fingerprint density at radius 2 is 0.641 bits per heavy atom. The van der Waals surface area contributed by atoms with E-state index in [4.69, 9.17) is 27.9 Å². The molecule has 0 unspecified atom stereocenters. The van der Waals surface area contributed by atoms with Crippen LogP contribution in [0.2, 0.25) is 0 Å². The summed E-state index contributed by atoms with van der Waals surface area (Å²) in [5.41, 5.74) is 2.09. The van der Waals surface area contributed by atoms with Crippen molar-refractivity contribution in [1.29, 1.82) is 0 Å². The molecule has 0 atom stereocenters. The zero-order valence-corrected chi connectivity index (χ0v) is 25.6. The summed E-state index contributed by atoms with van der Waals surface area (Å²) in [7, 11) is 8.48. The molecular weight excluding hydrogens is 656 g/mol. The second-order valence-corrected chi connectivity index (χ2v) is 14.6. The van der Waals surface area contributed by atoms with Crippen LogP contribution in [0.3, 0.4) is 0 Å². The molecule has 0 N–H and O–H groups in total. The Hall–Kier alpha value is -2.46. The van der Waals surface area contributed by atoms with Gasteiger partial charge in [0.25, 0.3) is 0 Å². The van der Waals surface area contributed by atoms with Crippen LogP contribution in [0.4, 0.5) is 0 Å². The smallest absolute Gasteiger partial charge is 0.134 e. The zero-order valence-electron chi connectivity index (χ0n) is 20.8. The van der Waals surface area contributed by atoms with Crippen LogP contribution in [0.5, 0.6) is 0 Å².